The van der Waals surface area contributed by atoms with Gasteiger partial charge in [0.2, 0.25) is 0 Å². The number of halogens is 1. The number of unbranched alkanes of at least 4 members (excludes halogenated alkanes) is 13. The first kappa shape index (κ1) is 23.8. The number of carbonyl (C=O) groups is 1. The van der Waals surface area contributed by atoms with Gasteiger partial charge in [0.25, 0.3) is 0 Å². The maximum atomic E-state index is 11.1. The van der Waals surface area contributed by atoms with E-state index in [4.69, 9.17) is 16.7 Å². The Morgan fingerprint density at radius 1 is 0.708 bits per heavy atom. The average molecular weight is 361 g/mol. The summed E-state index contributed by atoms with van der Waals surface area (Å²) < 4.78 is 0. The average Bonchev–Trinajstić information content (AvgIpc) is 2.57. The number of rotatable bonds is 19. The molecular weight excluding hydrogens is 320 g/mol. The summed E-state index contributed by atoms with van der Waals surface area (Å²) in [7, 11) is 0. The minimum absolute atomic E-state index is 0.180. The van der Waals surface area contributed by atoms with Crippen molar-refractivity contribution in [1.29, 1.82) is 0 Å². The summed E-state index contributed by atoms with van der Waals surface area (Å²) >= 11 is 5.65. The van der Waals surface area contributed by atoms with Crippen LogP contribution in [0.25, 0.3) is 0 Å². The molecular formula is C21H41ClO2. The van der Waals surface area contributed by atoms with Gasteiger partial charge in [-0.25, -0.2) is 0 Å². The van der Waals surface area contributed by atoms with E-state index >= 15 is 0 Å². The van der Waals surface area contributed by atoms with E-state index in [1.165, 1.54) is 83.5 Å². The highest BCUT2D eigenvalue weighted by Gasteiger charge is 2.15. The molecule has 0 saturated carbocycles. The lowest BCUT2D eigenvalue weighted by atomic mass is 9.96. The first-order valence-corrected chi connectivity index (χ1v) is 11.0. The topological polar surface area (TPSA) is 37.3 Å². The molecule has 0 heterocycles. The van der Waals surface area contributed by atoms with E-state index in [-0.39, 0.29) is 5.92 Å². The van der Waals surface area contributed by atoms with Crippen LogP contribution in [0.2, 0.25) is 0 Å². The van der Waals surface area contributed by atoms with Crippen molar-refractivity contribution in [2.45, 2.75) is 116 Å². The Balaban J connectivity index is 3.25. The van der Waals surface area contributed by atoms with Gasteiger partial charge in [0.05, 0.1) is 5.92 Å². The molecule has 1 atom stereocenters. The van der Waals surface area contributed by atoms with Crippen LogP contribution in [0.3, 0.4) is 0 Å². The van der Waals surface area contributed by atoms with E-state index in [9.17, 15) is 4.79 Å². The Morgan fingerprint density at radius 3 is 1.46 bits per heavy atom. The van der Waals surface area contributed by atoms with Crippen LogP contribution in [-0.2, 0) is 4.79 Å². The van der Waals surface area contributed by atoms with Crippen molar-refractivity contribution < 1.29 is 9.90 Å². The van der Waals surface area contributed by atoms with Gasteiger partial charge in [-0.05, 0) is 19.3 Å². The lowest BCUT2D eigenvalue weighted by Crippen LogP contribution is -2.13. The van der Waals surface area contributed by atoms with Gasteiger partial charge >= 0.3 is 5.97 Å². The maximum absolute atomic E-state index is 11.1. The quantitative estimate of drug-likeness (QED) is 0.190. The minimum Gasteiger partial charge on any atom is -0.481 e. The summed E-state index contributed by atoms with van der Waals surface area (Å²) in [5, 5.41) is 9.16. The van der Waals surface area contributed by atoms with E-state index in [1.54, 1.807) is 0 Å². The van der Waals surface area contributed by atoms with Crippen LogP contribution in [0.15, 0.2) is 0 Å². The minimum atomic E-state index is -0.644. The Morgan fingerprint density at radius 2 is 1.08 bits per heavy atom. The van der Waals surface area contributed by atoms with Gasteiger partial charge in [-0.1, -0.05) is 96.8 Å². The number of alkyl halides is 1. The van der Waals surface area contributed by atoms with Gasteiger partial charge in [0.15, 0.2) is 0 Å². The molecule has 0 fully saturated rings. The molecule has 0 aromatic rings. The molecule has 0 saturated heterocycles. The van der Waals surface area contributed by atoms with Crippen molar-refractivity contribution in [1.82, 2.24) is 0 Å². The molecule has 0 aromatic heterocycles. The van der Waals surface area contributed by atoms with E-state index in [2.05, 4.69) is 6.92 Å². The molecule has 0 radical (unpaired) electrons. The van der Waals surface area contributed by atoms with Crippen LogP contribution in [0, 0.1) is 5.92 Å². The Labute approximate surface area is 155 Å². The lowest BCUT2D eigenvalue weighted by Gasteiger charge is -2.11. The molecule has 3 heteroatoms. The molecule has 0 aromatic carbocycles. The fourth-order valence-corrected chi connectivity index (χ4v) is 3.45. The van der Waals surface area contributed by atoms with Crippen LogP contribution in [-0.4, -0.2) is 17.0 Å². The van der Waals surface area contributed by atoms with Gasteiger partial charge < -0.3 is 5.11 Å². The van der Waals surface area contributed by atoms with Gasteiger partial charge in [0.1, 0.15) is 0 Å². The molecule has 1 unspecified atom stereocenters. The molecule has 0 rings (SSSR count). The highest BCUT2D eigenvalue weighted by Crippen LogP contribution is 2.18. The zero-order chi connectivity index (χ0) is 17.9. The number of carboxylic acid groups (broad SMARTS) is 1. The molecule has 0 bridgehead atoms. The predicted octanol–water partition coefficient (Wildman–Crippen LogP) is 7.58. The predicted molar refractivity (Wildman–Crippen MR) is 106 cm³/mol. The van der Waals surface area contributed by atoms with Gasteiger partial charge in [0, 0.05) is 5.88 Å². The third kappa shape index (κ3) is 16.6. The molecule has 0 amide bonds. The van der Waals surface area contributed by atoms with Crippen molar-refractivity contribution in [2.24, 2.45) is 5.92 Å². The van der Waals surface area contributed by atoms with Crippen molar-refractivity contribution in [2.75, 3.05) is 5.88 Å². The van der Waals surface area contributed by atoms with Crippen molar-refractivity contribution in [3.8, 4) is 0 Å². The smallest absolute Gasteiger partial charge is 0.306 e. The second-order valence-corrected chi connectivity index (χ2v) is 7.63. The molecule has 24 heavy (non-hydrogen) atoms. The summed E-state index contributed by atoms with van der Waals surface area (Å²) in [6, 6.07) is 0. The van der Waals surface area contributed by atoms with Crippen LogP contribution in [0.5, 0.6) is 0 Å². The van der Waals surface area contributed by atoms with Crippen LogP contribution in [0.1, 0.15) is 116 Å². The fourth-order valence-electron chi connectivity index (χ4n) is 3.30. The molecule has 144 valence electrons. The summed E-state index contributed by atoms with van der Waals surface area (Å²) in [4.78, 5) is 11.1. The monoisotopic (exact) mass is 360 g/mol. The van der Waals surface area contributed by atoms with E-state index in [0.717, 1.165) is 25.7 Å². The highest BCUT2D eigenvalue weighted by molar-refractivity contribution is 6.17. The van der Waals surface area contributed by atoms with Crippen molar-refractivity contribution in [3.05, 3.63) is 0 Å². The summed E-state index contributed by atoms with van der Waals surface area (Å²) in [6.45, 7) is 2.27. The van der Waals surface area contributed by atoms with Gasteiger partial charge in [-0.3, -0.25) is 4.79 Å². The summed E-state index contributed by atoms with van der Waals surface area (Å²) in [5.41, 5.74) is 0. The number of hydrogen-bond donors (Lipinski definition) is 1. The lowest BCUT2D eigenvalue weighted by molar-refractivity contribution is -0.142. The Bertz CT molecular complexity index is 269. The fraction of sp³-hybridized carbons (Fsp3) is 0.952. The zero-order valence-electron chi connectivity index (χ0n) is 16.0. The number of carboxylic acids is 1. The normalized spacial score (nSPS) is 12.4. The van der Waals surface area contributed by atoms with Crippen LogP contribution >= 0.6 is 11.6 Å². The zero-order valence-corrected chi connectivity index (χ0v) is 16.8. The molecule has 2 nitrogen and oxygen atoms in total. The first-order chi connectivity index (χ1) is 11.7. The standard InChI is InChI=1S/C21H41ClO2/c1-2-3-4-5-6-7-8-9-10-11-12-13-14-15-17-20(21(23)24)18-16-19-22/h20H,2-19H2,1H3,(H,23,24). The van der Waals surface area contributed by atoms with E-state index in [1.807, 2.05) is 0 Å². The third-order valence-corrected chi connectivity index (χ3v) is 5.21. The van der Waals surface area contributed by atoms with Gasteiger partial charge in [-0.15, -0.1) is 11.6 Å². The SMILES string of the molecule is CCCCCCCCCCCCCCCCC(CCCCl)C(=O)O. The molecule has 0 aliphatic carbocycles. The Kier molecular flexibility index (Phi) is 18.9. The Hall–Kier alpha value is -0.240. The summed E-state index contributed by atoms with van der Waals surface area (Å²) in [6.07, 6.45) is 21.2. The number of hydrogen-bond acceptors (Lipinski definition) is 1. The maximum Gasteiger partial charge on any atom is 0.306 e. The second-order valence-electron chi connectivity index (χ2n) is 7.25. The first-order valence-electron chi connectivity index (χ1n) is 10.5. The third-order valence-electron chi connectivity index (χ3n) is 4.94. The van der Waals surface area contributed by atoms with Crippen LogP contribution < -0.4 is 0 Å². The van der Waals surface area contributed by atoms with E-state index in [0.29, 0.717) is 5.88 Å². The van der Waals surface area contributed by atoms with E-state index < -0.39 is 5.97 Å². The van der Waals surface area contributed by atoms with Crippen molar-refractivity contribution in [3.63, 3.8) is 0 Å². The summed E-state index contributed by atoms with van der Waals surface area (Å²) in [5.74, 6) is -0.251. The highest BCUT2D eigenvalue weighted by atomic mass is 35.5. The molecule has 0 aliphatic rings. The largest absolute Gasteiger partial charge is 0.481 e. The molecule has 0 spiro atoms. The molecule has 1 N–H and O–H groups in total. The second kappa shape index (κ2) is 19.1. The molecule has 0 aliphatic heterocycles. The van der Waals surface area contributed by atoms with Crippen molar-refractivity contribution >= 4 is 17.6 Å². The van der Waals surface area contributed by atoms with Crippen LogP contribution in [0.4, 0.5) is 0 Å². The number of aliphatic carboxylic acids is 1. The van der Waals surface area contributed by atoms with Gasteiger partial charge in [-0.2, -0.15) is 0 Å².